The maximum absolute atomic E-state index is 13.6. The van der Waals surface area contributed by atoms with E-state index in [1.54, 1.807) is 0 Å². The van der Waals surface area contributed by atoms with E-state index in [0.29, 0.717) is 0 Å². The Kier molecular flexibility index (Phi) is 5.34. The number of nitrogens with zero attached hydrogens (tertiary/aromatic N) is 1. The number of hydrogen-bond acceptors (Lipinski definition) is 4. The second-order valence-corrected chi connectivity index (χ2v) is 5.59. The third kappa shape index (κ3) is 3.38. The zero-order valence-corrected chi connectivity index (χ0v) is 13.7. The van der Waals surface area contributed by atoms with Crippen LogP contribution in [0.3, 0.4) is 0 Å². The molecule has 0 atom stereocenters. The molecule has 0 aliphatic heterocycles. The fourth-order valence-corrected chi connectivity index (χ4v) is 2.35. The van der Waals surface area contributed by atoms with Gasteiger partial charge in [0.2, 0.25) is 0 Å². The van der Waals surface area contributed by atoms with E-state index in [1.165, 1.54) is 18.2 Å². The largest absolute Gasteiger partial charge is 0.456 e. The molecule has 0 saturated carbocycles. The number of rotatable bonds is 3. The molecule has 0 saturated heterocycles. The summed E-state index contributed by atoms with van der Waals surface area (Å²) in [5, 5.41) is -0.334. The van der Waals surface area contributed by atoms with E-state index >= 15 is 0 Å². The number of nitrogens with two attached hydrogens (primary N) is 1. The van der Waals surface area contributed by atoms with Gasteiger partial charge in [-0.25, -0.2) is 14.2 Å². The number of benzene rings is 1. The van der Waals surface area contributed by atoms with Crippen LogP contribution in [0.1, 0.15) is 16.1 Å². The summed E-state index contributed by atoms with van der Waals surface area (Å²) in [6.45, 7) is -0.400. The molecule has 0 fully saturated rings. The lowest BCUT2D eigenvalue weighted by atomic mass is 10.2. The lowest BCUT2D eigenvalue weighted by Crippen LogP contribution is -2.11. The Hall–Kier alpha value is -1.27. The van der Waals surface area contributed by atoms with Crippen molar-refractivity contribution < 1.29 is 13.9 Å². The number of carbonyl (C=O) groups excluding carboxylic acids is 1. The first kappa shape index (κ1) is 17.1. The average Bonchev–Trinajstić information content (AvgIpc) is 2.48. The molecule has 1 aromatic carbocycles. The Bertz CT molecular complexity index is 735. The van der Waals surface area contributed by atoms with Crippen molar-refractivity contribution in [1.29, 1.82) is 0 Å². The Morgan fingerprint density at radius 1 is 1.23 bits per heavy atom. The standard InChI is InChI=1S/C13H7Cl4FN2O2/c14-6-2-1-3-7(18)5(6)4-22-13(21)11-8(15)10(19)9(16)12(17)20-11/h1-3H,4H2,(H2,19,20). The zero-order chi connectivity index (χ0) is 16.4. The van der Waals surface area contributed by atoms with E-state index < -0.39 is 18.4 Å². The summed E-state index contributed by atoms with van der Waals surface area (Å²) in [5.41, 5.74) is 5.21. The van der Waals surface area contributed by atoms with Gasteiger partial charge in [0.25, 0.3) is 0 Å². The first-order chi connectivity index (χ1) is 10.3. The molecule has 9 heteroatoms. The smallest absolute Gasteiger partial charge is 0.358 e. The highest BCUT2D eigenvalue weighted by atomic mass is 35.5. The van der Waals surface area contributed by atoms with Crippen LogP contribution < -0.4 is 5.73 Å². The quantitative estimate of drug-likeness (QED) is 0.612. The van der Waals surface area contributed by atoms with Gasteiger partial charge in [-0.15, -0.1) is 0 Å². The summed E-state index contributed by atoms with van der Waals surface area (Å²) in [5.74, 6) is -1.54. The number of ether oxygens (including phenoxy) is 1. The van der Waals surface area contributed by atoms with Gasteiger partial charge in [0, 0.05) is 5.56 Å². The second-order valence-electron chi connectivity index (χ2n) is 4.07. The fraction of sp³-hybridized carbons (Fsp3) is 0.0769. The Balaban J connectivity index is 2.24. The molecule has 0 radical (unpaired) electrons. The predicted octanol–water partition coefficient (Wildman–Crippen LogP) is 4.77. The van der Waals surface area contributed by atoms with Gasteiger partial charge in [-0.3, -0.25) is 0 Å². The summed E-state index contributed by atoms with van der Waals surface area (Å²) >= 11 is 23.2. The van der Waals surface area contributed by atoms with Gasteiger partial charge in [0.15, 0.2) is 10.8 Å². The first-order valence-corrected chi connectivity index (χ1v) is 7.24. The van der Waals surface area contributed by atoms with Crippen LogP contribution in [0.4, 0.5) is 10.1 Å². The van der Waals surface area contributed by atoms with Crippen molar-refractivity contribution in [3.8, 4) is 0 Å². The topological polar surface area (TPSA) is 65.2 Å². The lowest BCUT2D eigenvalue weighted by Gasteiger charge is -2.10. The molecule has 1 aromatic heterocycles. The molecule has 0 aliphatic carbocycles. The highest BCUT2D eigenvalue weighted by Gasteiger charge is 2.21. The maximum atomic E-state index is 13.6. The molecular weight excluding hydrogens is 377 g/mol. The Morgan fingerprint density at radius 2 is 1.91 bits per heavy atom. The van der Waals surface area contributed by atoms with Gasteiger partial charge in [-0.05, 0) is 12.1 Å². The van der Waals surface area contributed by atoms with Gasteiger partial charge in [0.1, 0.15) is 17.4 Å². The van der Waals surface area contributed by atoms with Gasteiger partial charge < -0.3 is 10.5 Å². The fourth-order valence-electron chi connectivity index (χ4n) is 1.54. The normalized spacial score (nSPS) is 10.6. The van der Waals surface area contributed by atoms with Crippen molar-refractivity contribution >= 4 is 58.1 Å². The molecule has 116 valence electrons. The van der Waals surface area contributed by atoms with Crippen LogP contribution in [0.15, 0.2) is 18.2 Å². The minimum Gasteiger partial charge on any atom is -0.456 e. The minimum absolute atomic E-state index is 0.0293. The molecule has 0 unspecified atom stereocenters. The molecule has 4 nitrogen and oxygen atoms in total. The number of pyridine rings is 1. The summed E-state index contributed by atoms with van der Waals surface area (Å²) in [6.07, 6.45) is 0. The number of esters is 1. The zero-order valence-electron chi connectivity index (χ0n) is 10.7. The number of anilines is 1. The Labute approximate surface area is 144 Å². The van der Waals surface area contributed by atoms with Gasteiger partial charge in [-0.2, -0.15) is 0 Å². The van der Waals surface area contributed by atoms with Crippen molar-refractivity contribution in [2.75, 3.05) is 5.73 Å². The molecular formula is C13H7Cl4FN2O2. The minimum atomic E-state index is -0.936. The van der Waals surface area contributed by atoms with E-state index in [9.17, 15) is 9.18 Å². The number of carbonyl (C=O) groups is 1. The van der Waals surface area contributed by atoms with E-state index in [-0.39, 0.29) is 37.2 Å². The van der Waals surface area contributed by atoms with Crippen molar-refractivity contribution in [1.82, 2.24) is 4.98 Å². The van der Waals surface area contributed by atoms with Crippen LogP contribution in [0.2, 0.25) is 20.2 Å². The third-order valence-corrected chi connectivity index (χ3v) is 4.16. The first-order valence-electron chi connectivity index (χ1n) is 5.73. The van der Waals surface area contributed by atoms with Gasteiger partial charge in [-0.1, -0.05) is 52.5 Å². The van der Waals surface area contributed by atoms with Crippen LogP contribution in [0.25, 0.3) is 0 Å². The monoisotopic (exact) mass is 382 g/mol. The van der Waals surface area contributed by atoms with E-state index in [1.807, 2.05) is 0 Å². The van der Waals surface area contributed by atoms with E-state index in [4.69, 9.17) is 56.9 Å². The Morgan fingerprint density at radius 3 is 2.55 bits per heavy atom. The highest BCUT2D eigenvalue weighted by Crippen LogP contribution is 2.34. The molecule has 0 aliphatic rings. The van der Waals surface area contributed by atoms with Crippen LogP contribution in [0.5, 0.6) is 0 Å². The molecule has 22 heavy (non-hydrogen) atoms. The highest BCUT2D eigenvalue weighted by molar-refractivity contribution is 6.46. The molecule has 2 aromatic rings. The SMILES string of the molecule is Nc1c(Cl)c(Cl)nc(C(=O)OCc2c(F)cccc2Cl)c1Cl. The number of aromatic nitrogens is 1. The average molecular weight is 384 g/mol. The summed E-state index contributed by atoms with van der Waals surface area (Å²) in [6, 6.07) is 4.09. The van der Waals surface area contributed by atoms with Crippen molar-refractivity contribution in [2.24, 2.45) is 0 Å². The maximum Gasteiger partial charge on any atom is 0.358 e. The predicted molar refractivity (Wildman–Crippen MR) is 84.2 cm³/mol. The number of halogens is 5. The van der Waals surface area contributed by atoms with Gasteiger partial charge in [0.05, 0.1) is 15.7 Å². The summed E-state index contributed by atoms with van der Waals surface area (Å²) in [4.78, 5) is 15.7. The summed E-state index contributed by atoms with van der Waals surface area (Å²) < 4.78 is 18.5. The van der Waals surface area contributed by atoms with Crippen LogP contribution >= 0.6 is 46.4 Å². The number of hydrogen-bond donors (Lipinski definition) is 1. The second kappa shape index (κ2) is 6.87. The van der Waals surface area contributed by atoms with Crippen molar-refractivity contribution in [3.63, 3.8) is 0 Å². The lowest BCUT2D eigenvalue weighted by molar-refractivity contribution is 0.0462. The molecule has 0 amide bonds. The van der Waals surface area contributed by atoms with Crippen LogP contribution in [-0.2, 0) is 11.3 Å². The van der Waals surface area contributed by atoms with Crippen LogP contribution in [0, 0.1) is 5.82 Å². The molecule has 0 spiro atoms. The van der Waals surface area contributed by atoms with Gasteiger partial charge >= 0.3 is 5.97 Å². The molecule has 0 bridgehead atoms. The summed E-state index contributed by atoms with van der Waals surface area (Å²) in [7, 11) is 0. The van der Waals surface area contributed by atoms with Crippen molar-refractivity contribution in [3.05, 3.63) is 55.5 Å². The van der Waals surface area contributed by atoms with E-state index in [0.717, 1.165) is 0 Å². The third-order valence-electron chi connectivity index (χ3n) is 2.67. The van der Waals surface area contributed by atoms with Crippen LogP contribution in [-0.4, -0.2) is 11.0 Å². The molecule has 2 N–H and O–H groups in total. The molecule has 1 heterocycles. The molecule has 2 rings (SSSR count). The number of nitrogen functional groups attached to an aromatic ring is 1. The van der Waals surface area contributed by atoms with E-state index in [2.05, 4.69) is 4.98 Å². The van der Waals surface area contributed by atoms with Crippen molar-refractivity contribution in [2.45, 2.75) is 6.61 Å².